The molecule has 2 amide bonds. The van der Waals surface area contributed by atoms with Crippen LogP contribution in [-0.2, 0) is 27.8 Å². The van der Waals surface area contributed by atoms with Crippen molar-refractivity contribution in [3.05, 3.63) is 33.0 Å². The molecule has 8 nitrogen and oxygen atoms in total. The summed E-state index contributed by atoms with van der Waals surface area (Å²) in [6.07, 6.45) is 2.98. The van der Waals surface area contributed by atoms with Gasteiger partial charge in [0.2, 0.25) is 15.9 Å². The highest BCUT2D eigenvalue weighted by Crippen LogP contribution is 2.31. The monoisotopic (exact) mass is 454 g/mol. The van der Waals surface area contributed by atoms with Gasteiger partial charge in [-0.1, -0.05) is 17.4 Å². The van der Waals surface area contributed by atoms with Gasteiger partial charge in [-0.3, -0.25) is 14.9 Å². The van der Waals surface area contributed by atoms with Crippen molar-refractivity contribution in [3.8, 4) is 0 Å². The molecule has 11 heteroatoms. The molecule has 0 aliphatic carbocycles. The number of thiazole rings is 1. The van der Waals surface area contributed by atoms with Crippen LogP contribution in [0.3, 0.4) is 0 Å². The second kappa shape index (κ2) is 8.13. The minimum atomic E-state index is -3.20. The smallest absolute Gasteiger partial charge is 0.267 e. The molecule has 4 heterocycles. The molecule has 0 bridgehead atoms. The number of hydrogen-bond donors (Lipinski definition) is 1. The topological polar surface area (TPSA) is 99.7 Å². The number of sulfonamides is 1. The Morgan fingerprint density at radius 3 is 2.66 bits per heavy atom. The van der Waals surface area contributed by atoms with E-state index in [1.807, 2.05) is 16.3 Å². The number of hydrogen-bond acceptors (Lipinski definition) is 7. The van der Waals surface area contributed by atoms with E-state index in [-0.39, 0.29) is 17.7 Å². The van der Waals surface area contributed by atoms with Gasteiger partial charge in [0.25, 0.3) is 5.91 Å². The lowest BCUT2D eigenvalue weighted by Gasteiger charge is -2.34. The van der Waals surface area contributed by atoms with E-state index in [9.17, 15) is 18.0 Å². The number of anilines is 1. The zero-order valence-corrected chi connectivity index (χ0v) is 18.4. The first-order chi connectivity index (χ1) is 13.8. The van der Waals surface area contributed by atoms with Gasteiger partial charge >= 0.3 is 0 Å². The van der Waals surface area contributed by atoms with E-state index in [0.29, 0.717) is 55.5 Å². The van der Waals surface area contributed by atoms with E-state index in [4.69, 9.17) is 0 Å². The number of nitrogens with zero attached hydrogens (tertiary/aromatic N) is 3. The minimum absolute atomic E-state index is 0.0846. The van der Waals surface area contributed by atoms with E-state index < -0.39 is 10.0 Å². The van der Waals surface area contributed by atoms with E-state index >= 15 is 0 Å². The molecule has 0 unspecified atom stereocenters. The molecule has 1 fully saturated rings. The number of carbonyl (C=O) groups excluding carboxylic acids is 2. The van der Waals surface area contributed by atoms with Gasteiger partial charge in [-0.05, 0) is 24.3 Å². The third kappa shape index (κ3) is 4.52. The zero-order valence-electron chi connectivity index (χ0n) is 16.0. The maximum absolute atomic E-state index is 12.9. The summed E-state index contributed by atoms with van der Waals surface area (Å²) in [6, 6.07) is 3.60. The lowest BCUT2D eigenvalue weighted by molar-refractivity contribution is -0.137. The number of rotatable bonds is 4. The predicted octanol–water partition coefficient (Wildman–Crippen LogP) is 2.01. The molecule has 2 aromatic heterocycles. The van der Waals surface area contributed by atoms with Gasteiger partial charge in [0.05, 0.1) is 23.4 Å². The van der Waals surface area contributed by atoms with Crippen LogP contribution < -0.4 is 5.32 Å². The molecule has 0 atom stereocenters. The van der Waals surface area contributed by atoms with Gasteiger partial charge in [-0.25, -0.2) is 17.7 Å². The number of fused-ring (bicyclic) bond motifs is 1. The van der Waals surface area contributed by atoms with Gasteiger partial charge in [0.15, 0.2) is 5.13 Å². The van der Waals surface area contributed by atoms with Crippen LogP contribution >= 0.6 is 22.7 Å². The highest BCUT2D eigenvalue weighted by atomic mass is 32.2. The van der Waals surface area contributed by atoms with E-state index in [1.165, 1.54) is 33.2 Å². The molecule has 0 aromatic carbocycles. The van der Waals surface area contributed by atoms with Crippen molar-refractivity contribution in [2.24, 2.45) is 5.92 Å². The Hall–Kier alpha value is -1.82. The molecule has 1 saturated heterocycles. The first-order valence-electron chi connectivity index (χ1n) is 9.38. The quantitative estimate of drug-likeness (QED) is 0.762. The van der Waals surface area contributed by atoms with Crippen molar-refractivity contribution >= 4 is 49.6 Å². The van der Waals surface area contributed by atoms with E-state index in [1.54, 1.807) is 6.07 Å². The van der Waals surface area contributed by atoms with Crippen LogP contribution in [0.2, 0.25) is 0 Å². The molecule has 29 heavy (non-hydrogen) atoms. The summed E-state index contributed by atoms with van der Waals surface area (Å²) in [4.78, 5) is 33.1. The Morgan fingerprint density at radius 1 is 1.24 bits per heavy atom. The fourth-order valence-corrected chi connectivity index (χ4v) is 6.21. The van der Waals surface area contributed by atoms with Crippen LogP contribution in [0.1, 0.15) is 33.1 Å². The summed E-state index contributed by atoms with van der Waals surface area (Å²) < 4.78 is 24.7. The molecule has 4 rings (SSSR count). The molecule has 0 saturated carbocycles. The summed E-state index contributed by atoms with van der Waals surface area (Å²) >= 11 is 2.79. The first kappa shape index (κ1) is 20.5. The Balaban J connectivity index is 1.37. The summed E-state index contributed by atoms with van der Waals surface area (Å²) in [5.74, 6) is -0.224. The molecule has 0 radical (unpaired) electrons. The van der Waals surface area contributed by atoms with Crippen LogP contribution in [0.4, 0.5) is 5.13 Å². The molecule has 2 aliphatic heterocycles. The summed E-state index contributed by atoms with van der Waals surface area (Å²) in [7, 11) is -3.20. The van der Waals surface area contributed by atoms with Crippen molar-refractivity contribution in [2.45, 2.75) is 25.8 Å². The Bertz CT molecular complexity index is 1010. The van der Waals surface area contributed by atoms with Crippen LogP contribution in [-0.4, -0.2) is 60.3 Å². The normalized spacial score (nSPS) is 18.4. The highest BCUT2D eigenvalue weighted by molar-refractivity contribution is 7.88. The summed E-state index contributed by atoms with van der Waals surface area (Å²) in [6.45, 7) is 1.88. The molecular weight excluding hydrogens is 432 g/mol. The lowest BCUT2D eigenvalue weighted by atomic mass is 9.96. The second-order valence-electron chi connectivity index (χ2n) is 7.27. The number of aromatic nitrogens is 1. The van der Waals surface area contributed by atoms with Gasteiger partial charge in [-0.15, -0.1) is 11.3 Å². The molecular formula is C18H22N4O4S3. The van der Waals surface area contributed by atoms with Crippen LogP contribution in [0.15, 0.2) is 17.5 Å². The average Bonchev–Trinajstić information content (AvgIpc) is 3.35. The van der Waals surface area contributed by atoms with Gasteiger partial charge in [-0.2, -0.15) is 0 Å². The van der Waals surface area contributed by atoms with Crippen molar-refractivity contribution < 1.29 is 18.0 Å². The molecule has 1 N–H and O–H groups in total. The highest BCUT2D eigenvalue weighted by Gasteiger charge is 2.33. The SMILES string of the molecule is CS(=O)(=O)N1CCC(C(=O)N2CCc3nc(NC(=O)c4cccs4)sc3C2)CC1. The number of thiophene rings is 1. The van der Waals surface area contributed by atoms with Crippen molar-refractivity contribution in [1.82, 2.24) is 14.2 Å². The molecule has 0 spiro atoms. The second-order valence-corrected chi connectivity index (χ2v) is 11.3. The number of nitrogens with one attached hydrogen (secondary N) is 1. The predicted molar refractivity (Wildman–Crippen MR) is 113 cm³/mol. The number of carbonyl (C=O) groups is 2. The van der Waals surface area contributed by atoms with Gasteiger partial charge < -0.3 is 4.90 Å². The van der Waals surface area contributed by atoms with Crippen LogP contribution in [0, 0.1) is 5.92 Å². The molecule has 2 aromatic rings. The minimum Gasteiger partial charge on any atom is -0.337 e. The number of amides is 2. The first-order valence-corrected chi connectivity index (χ1v) is 12.9. The maximum Gasteiger partial charge on any atom is 0.267 e. The van der Waals surface area contributed by atoms with Crippen LogP contribution in [0.5, 0.6) is 0 Å². The third-order valence-electron chi connectivity index (χ3n) is 5.28. The van der Waals surface area contributed by atoms with Gasteiger partial charge in [0.1, 0.15) is 0 Å². The standard InChI is InChI=1S/C18H22N4O4S3/c1-29(25,26)22-8-4-12(5-9-22)17(24)21-7-6-13-15(11-21)28-18(19-13)20-16(23)14-3-2-10-27-14/h2-3,10,12H,4-9,11H2,1H3,(H,19,20,23). The lowest BCUT2D eigenvalue weighted by Crippen LogP contribution is -2.45. The third-order valence-corrected chi connectivity index (χ3v) is 8.45. The Kier molecular flexibility index (Phi) is 5.74. The van der Waals surface area contributed by atoms with Crippen molar-refractivity contribution in [1.29, 1.82) is 0 Å². The molecule has 2 aliphatic rings. The fraction of sp³-hybridized carbons (Fsp3) is 0.500. The van der Waals surface area contributed by atoms with Gasteiger partial charge in [0, 0.05) is 36.9 Å². The Morgan fingerprint density at radius 2 is 2.00 bits per heavy atom. The Labute approximate surface area is 177 Å². The maximum atomic E-state index is 12.9. The van der Waals surface area contributed by atoms with Crippen molar-refractivity contribution in [3.63, 3.8) is 0 Å². The van der Waals surface area contributed by atoms with E-state index in [0.717, 1.165) is 10.6 Å². The van der Waals surface area contributed by atoms with Crippen LogP contribution in [0.25, 0.3) is 0 Å². The number of piperidine rings is 1. The van der Waals surface area contributed by atoms with Crippen molar-refractivity contribution in [2.75, 3.05) is 31.2 Å². The fourth-order valence-electron chi connectivity index (χ4n) is 3.70. The summed E-state index contributed by atoms with van der Waals surface area (Å²) in [5, 5.41) is 5.25. The summed E-state index contributed by atoms with van der Waals surface area (Å²) in [5.41, 5.74) is 0.937. The largest absolute Gasteiger partial charge is 0.337 e. The zero-order chi connectivity index (χ0) is 20.6. The average molecular weight is 455 g/mol. The molecule has 156 valence electrons. The van der Waals surface area contributed by atoms with E-state index in [2.05, 4.69) is 10.3 Å².